The lowest BCUT2D eigenvalue weighted by atomic mass is 10.1. The lowest BCUT2D eigenvalue weighted by Crippen LogP contribution is -2.23. The number of benzene rings is 1. The van der Waals surface area contributed by atoms with E-state index in [0.717, 1.165) is 30.5 Å². The molecule has 4 heteroatoms. The van der Waals surface area contributed by atoms with E-state index in [4.69, 9.17) is 9.47 Å². The van der Waals surface area contributed by atoms with Crippen molar-refractivity contribution in [1.29, 1.82) is 0 Å². The molecule has 2 nitrogen and oxygen atoms in total. The Bertz CT molecular complexity index is 364. The maximum absolute atomic E-state index is 5.73. The molecule has 0 spiro atoms. The van der Waals surface area contributed by atoms with Crippen LogP contribution in [0.15, 0.2) is 22.7 Å². The number of rotatable bonds is 4. The molecule has 0 bridgehead atoms. The Hall–Kier alpha value is 0.350. The summed E-state index contributed by atoms with van der Waals surface area (Å²) in [4.78, 5) is 0. The maximum Gasteiger partial charge on any atom is 0.157 e. The van der Waals surface area contributed by atoms with E-state index in [-0.39, 0.29) is 6.29 Å². The molecule has 0 saturated carbocycles. The molecule has 17 heavy (non-hydrogen) atoms. The molecule has 1 fully saturated rings. The van der Waals surface area contributed by atoms with E-state index in [9.17, 15) is 0 Å². The molecule has 0 N–H and O–H groups in total. The van der Waals surface area contributed by atoms with Gasteiger partial charge in [0.25, 0.3) is 0 Å². The van der Waals surface area contributed by atoms with Gasteiger partial charge in [0.05, 0.1) is 6.61 Å². The van der Waals surface area contributed by atoms with Gasteiger partial charge in [-0.05, 0) is 66.0 Å². The third-order valence-corrected chi connectivity index (χ3v) is 4.24. The van der Waals surface area contributed by atoms with Gasteiger partial charge in [0, 0.05) is 14.6 Å². The van der Waals surface area contributed by atoms with Gasteiger partial charge in [-0.1, -0.05) is 22.0 Å². The third kappa shape index (κ3) is 4.50. The molecule has 94 valence electrons. The fourth-order valence-corrected chi connectivity index (χ4v) is 3.36. The van der Waals surface area contributed by atoms with Gasteiger partial charge in [-0.3, -0.25) is 0 Å². The monoisotopic (exact) mass is 410 g/mol. The molecule has 0 aromatic heterocycles. The molecule has 1 aliphatic heterocycles. The van der Waals surface area contributed by atoms with E-state index < -0.39 is 0 Å². The number of ether oxygens (including phenoxy) is 2. The molecule has 0 aliphatic carbocycles. The standard InChI is InChI=1S/C13H16BrIO2/c14-12-9-11(15)5-4-10(12)6-8-17-13-3-1-2-7-16-13/h4-5,9,13H,1-3,6-8H2. The Kier molecular flexibility index (Phi) is 5.72. The van der Waals surface area contributed by atoms with Gasteiger partial charge >= 0.3 is 0 Å². The zero-order chi connectivity index (χ0) is 12.1. The molecule has 1 saturated heterocycles. The predicted octanol–water partition coefficient (Wildman–Crippen LogP) is 4.14. The minimum Gasteiger partial charge on any atom is -0.353 e. The normalized spacial score (nSPS) is 20.5. The van der Waals surface area contributed by atoms with Crippen LogP contribution in [-0.2, 0) is 15.9 Å². The van der Waals surface area contributed by atoms with Crippen molar-refractivity contribution < 1.29 is 9.47 Å². The first-order valence-electron chi connectivity index (χ1n) is 5.93. The average Bonchev–Trinajstić information content (AvgIpc) is 2.33. The minimum absolute atomic E-state index is 0.0198. The first-order valence-corrected chi connectivity index (χ1v) is 7.80. The first-order chi connectivity index (χ1) is 8.25. The summed E-state index contributed by atoms with van der Waals surface area (Å²) in [5.41, 5.74) is 1.29. The molecular formula is C13H16BrIO2. The number of hydrogen-bond acceptors (Lipinski definition) is 2. The number of halogens is 2. The van der Waals surface area contributed by atoms with Crippen LogP contribution < -0.4 is 0 Å². The van der Waals surface area contributed by atoms with E-state index >= 15 is 0 Å². The van der Waals surface area contributed by atoms with Gasteiger partial charge in [0.2, 0.25) is 0 Å². The Morgan fingerprint density at radius 1 is 1.41 bits per heavy atom. The zero-order valence-electron chi connectivity index (χ0n) is 9.62. The fraction of sp³-hybridized carbons (Fsp3) is 0.538. The van der Waals surface area contributed by atoms with Crippen LogP contribution >= 0.6 is 38.5 Å². The average molecular weight is 411 g/mol. The van der Waals surface area contributed by atoms with E-state index in [1.807, 2.05) is 0 Å². The summed E-state index contributed by atoms with van der Waals surface area (Å²) in [6, 6.07) is 6.40. The van der Waals surface area contributed by atoms with Gasteiger partial charge in [0.1, 0.15) is 0 Å². The van der Waals surface area contributed by atoms with Gasteiger partial charge < -0.3 is 9.47 Å². The SMILES string of the molecule is Brc1cc(I)ccc1CCOC1CCCCO1. The van der Waals surface area contributed by atoms with Crippen LogP contribution in [0.1, 0.15) is 24.8 Å². The molecule has 0 amide bonds. The van der Waals surface area contributed by atoms with Crippen LogP contribution in [-0.4, -0.2) is 19.5 Å². The van der Waals surface area contributed by atoms with Gasteiger partial charge in [0.15, 0.2) is 6.29 Å². The summed E-state index contributed by atoms with van der Waals surface area (Å²) in [5, 5.41) is 0. The molecule has 0 radical (unpaired) electrons. The molecular weight excluding hydrogens is 395 g/mol. The molecule has 1 aromatic rings. The maximum atomic E-state index is 5.73. The molecule has 1 aromatic carbocycles. The molecule has 1 atom stereocenters. The summed E-state index contributed by atoms with van der Waals surface area (Å²) >= 11 is 5.90. The van der Waals surface area contributed by atoms with Crippen molar-refractivity contribution in [2.75, 3.05) is 13.2 Å². The summed E-state index contributed by atoms with van der Waals surface area (Å²) in [6.45, 7) is 1.57. The minimum atomic E-state index is 0.0198. The Labute approximate surface area is 124 Å². The third-order valence-electron chi connectivity index (χ3n) is 2.83. The topological polar surface area (TPSA) is 18.5 Å². The lowest BCUT2D eigenvalue weighted by Gasteiger charge is -2.22. The van der Waals surface area contributed by atoms with E-state index in [0.29, 0.717) is 0 Å². The van der Waals surface area contributed by atoms with E-state index in [1.54, 1.807) is 0 Å². The van der Waals surface area contributed by atoms with Crippen LogP contribution in [0.3, 0.4) is 0 Å². The van der Waals surface area contributed by atoms with Crippen molar-refractivity contribution >= 4 is 38.5 Å². The van der Waals surface area contributed by atoms with E-state index in [2.05, 4.69) is 56.7 Å². The van der Waals surface area contributed by atoms with Crippen molar-refractivity contribution in [3.8, 4) is 0 Å². The Balaban J connectivity index is 1.77. The van der Waals surface area contributed by atoms with E-state index in [1.165, 1.54) is 22.0 Å². The van der Waals surface area contributed by atoms with Gasteiger partial charge in [-0.2, -0.15) is 0 Å². The van der Waals surface area contributed by atoms with Crippen molar-refractivity contribution in [2.45, 2.75) is 32.0 Å². The van der Waals surface area contributed by atoms with Crippen molar-refractivity contribution in [3.05, 3.63) is 31.8 Å². The highest BCUT2D eigenvalue weighted by Crippen LogP contribution is 2.21. The van der Waals surface area contributed by atoms with Crippen molar-refractivity contribution in [1.82, 2.24) is 0 Å². The van der Waals surface area contributed by atoms with Crippen LogP contribution in [0, 0.1) is 3.57 Å². The highest BCUT2D eigenvalue weighted by Gasteiger charge is 2.13. The molecule has 2 rings (SSSR count). The fourth-order valence-electron chi connectivity index (χ4n) is 1.87. The zero-order valence-corrected chi connectivity index (χ0v) is 13.4. The summed E-state index contributed by atoms with van der Waals surface area (Å²) < 4.78 is 13.7. The summed E-state index contributed by atoms with van der Waals surface area (Å²) in [7, 11) is 0. The Morgan fingerprint density at radius 3 is 3.00 bits per heavy atom. The highest BCUT2D eigenvalue weighted by molar-refractivity contribution is 14.1. The largest absolute Gasteiger partial charge is 0.353 e. The van der Waals surface area contributed by atoms with Gasteiger partial charge in [-0.15, -0.1) is 0 Å². The summed E-state index contributed by atoms with van der Waals surface area (Å²) in [6.07, 6.45) is 4.37. The van der Waals surface area contributed by atoms with Gasteiger partial charge in [-0.25, -0.2) is 0 Å². The Morgan fingerprint density at radius 2 is 2.29 bits per heavy atom. The lowest BCUT2D eigenvalue weighted by molar-refractivity contribution is -0.161. The van der Waals surface area contributed by atoms with Crippen LogP contribution in [0.2, 0.25) is 0 Å². The second-order valence-corrected chi connectivity index (χ2v) is 6.25. The first kappa shape index (κ1) is 13.8. The van der Waals surface area contributed by atoms with Crippen LogP contribution in [0.4, 0.5) is 0 Å². The molecule has 1 unspecified atom stereocenters. The summed E-state index contributed by atoms with van der Waals surface area (Å²) in [5.74, 6) is 0. The van der Waals surface area contributed by atoms with Crippen molar-refractivity contribution in [3.63, 3.8) is 0 Å². The van der Waals surface area contributed by atoms with Crippen molar-refractivity contribution in [2.24, 2.45) is 0 Å². The number of hydrogen-bond donors (Lipinski definition) is 0. The molecule has 1 heterocycles. The molecule has 1 aliphatic rings. The van der Waals surface area contributed by atoms with Crippen LogP contribution in [0.25, 0.3) is 0 Å². The smallest absolute Gasteiger partial charge is 0.157 e. The predicted molar refractivity (Wildman–Crippen MR) is 80.1 cm³/mol. The second kappa shape index (κ2) is 7.07. The van der Waals surface area contributed by atoms with Crippen LogP contribution in [0.5, 0.6) is 0 Å². The quantitative estimate of drug-likeness (QED) is 0.694. The highest BCUT2D eigenvalue weighted by atomic mass is 127. The second-order valence-electron chi connectivity index (χ2n) is 4.15.